The normalized spacial score (nSPS) is 16.6. The first-order valence-corrected chi connectivity index (χ1v) is 15.6. The first kappa shape index (κ1) is 25.8. The number of carbonyl (C=O) groups excluding carboxylic acids is 1. The molecule has 0 saturated carbocycles. The molecule has 192 valence electrons. The molecule has 1 aliphatic heterocycles. The van der Waals surface area contributed by atoms with E-state index in [2.05, 4.69) is 20.7 Å². The van der Waals surface area contributed by atoms with E-state index in [0.717, 1.165) is 52.1 Å². The first-order chi connectivity index (χ1) is 18.0. The number of nitrogens with one attached hydrogen (secondary N) is 1. The van der Waals surface area contributed by atoms with Crippen molar-refractivity contribution in [2.45, 2.75) is 48.6 Å². The van der Waals surface area contributed by atoms with Gasteiger partial charge in [0.1, 0.15) is 16.2 Å². The van der Waals surface area contributed by atoms with E-state index in [1.165, 1.54) is 18.1 Å². The Hall–Kier alpha value is -2.79. The topological polar surface area (TPSA) is 92.3 Å². The summed E-state index contributed by atoms with van der Waals surface area (Å²) in [6, 6.07) is 16.6. The molecule has 1 amide bonds. The van der Waals surface area contributed by atoms with E-state index in [0.29, 0.717) is 12.2 Å². The molecule has 7 nitrogen and oxygen atoms in total. The van der Waals surface area contributed by atoms with Crippen molar-refractivity contribution < 1.29 is 13.2 Å². The molecule has 2 aromatic heterocycles. The van der Waals surface area contributed by atoms with Gasteiger partial charge in [0, 0.05) is 29.2 Å². The Labute approximate surface area is 225 Å². The number of piperidine rings is 1. The van der Waals surface area contributed by atoms with Gasteiger partial charge < -0.3 is 5.32 Å². The smallest absolute Gasteiger partial charge is 0.243 e. The molecule has 10 heteroatoms. The van der Waals surface area contributed by atoms with Gasteiger partial charge in [-0.15, -0.1) is 11.3 Å². The van der Waals surface area contributed by atoms with Crippen LogP contribution in [0.25, 0.3) is 21.3 Å². The first-order valence-electron chi connectivity index (χ1n) is 12.3. The zero-order chi connectivity index (χ0) is 25.8. The maximum atomic E-state index is 13.2. The summed E-state index contributed by atoms with van der Waals surface area (Å²) in [5, 5.41) is 6.65. The number of fused-ring (bicyclic) bond motifs is 1. The number of thioether (sulfide) groups is 1. The summed E-state index contributed by atoms with van der Waals surface area (Å²) in [4.78, 5) is 22.7. The Balaban J connectivity index is 1.26. The molecule has 1 atom stereocenters. The van der Waals surface area contributed by atoms with Crippen molar-refractivity contribution in [3.63, 3.8) is 0 Å². The lowest BCUT2D eigenvalue weighted by Gasteiger charge is -2.34. The molecule has 0 bridgehead atoms. The molecule has 37 heavy (non-hydrogen) atoms. The maximum Gasteiger partial charge on any atom is 0.243 e. The van der Waals surface area contributed by atoms with Gasteiger partial charge >= 0.3 is 0 Å². The minimum atomic E-state index is -3.55. The average Bonchev–Trinajstić information content (AvgIpc) is 3.37. The highest BCUT2D eigenvalue weighted by molar-refractivity contribution is 8.00. The van der Waals surface area contributed by atoms with E-state index in [1.54, 1.807) is 39.9 Å². The molecule has 0 aliphatic carbocycles. The molecule has 0 spiro atoms. The molecular weight excluding hydrogens is 525 g/mol. The van der Waals surface area contributed by atoms with E-state index in [4.69, 9.17) is 0 Å². The fraction of sp³-hybridized carbons (Fsp3) is 0.296. The van der Waals surface area contributed by atoms with Crippen molar-refractivity contribution in [2.75, 3.05) is 17.6 Å². The number of hydrogen-bond acceptors (Lipinski definition) is 7. The highest BCUT2D eigenvalue weighted by Gasteiger charge is 2.32. The van der Waals surface area contributed by atoms with Crippen LogP contribution in [0, 0.1) is 0 Å². The van der Waals surface area contributed by atoms with Crippen LogP contribution >= 0.6 is 23.1 Å². The number of amides is 1. The molecule has 4 aromatic rings. The molecule has 5 rings (SSSR count). The fourth-order valence-electron chi connectivity index (χ4n) is 4.66. The lowest BCUT2D eigenvalue weighted by Crippen LogP contribution is -2.43. The summed E-state index contributed by atoms with van der Waals surface area (Å²) in [7, 11) is -3.55. The molecule has 0 radical (unpaired) electrons. The second-order valence-electron chi connectivity index (χ2n) is 8.91. The van der Waals surface area contributed by atoms with Gasteiger partial charge in [0.05, 0.1) is 16.0 Å². The highest BCUT2D eigenvalue weighted by atomic mass is 32.2. The average molecular weight is 553 g/mol. The second-order valence-corrected chi connectivity index (χ2v) is 12.6. The number of thiophene rings is 1. The Morgan fingerprint density at radius 3 is 2.65 bits per heavy atom. The number of hydrogen-bond donors (Lipinski definition) is 1. The predicted octanol–water partition coefficient (Wildman–Crippen LogP) is 6.04. The highest BCUT2D eigenvalue weighted by Crippen LogP contribution is 2.37. The third-order valence-electron chi connectivity index (χ3n) is 6.55. The molecule has 1 aliphatic rings. The van der Waals surface area contributed by atoms with E-state index < -0.39 is 10.0 Å². The van der Waals surface area contributed by atoms with Gasteiger partial charge in [0.15, 0.2) is 0 Å². The Morgan fingerprint density at radius 2 is 1.89 bits per heavy atom. The van der Waals surface area contributed by atoms with Crippen LogP contribution in [-0.4, -0.2) is 46.9 Å². The molecule has 3 heterocycles. The molecule has 2 aromatic carbocycles. The van der Waals surface area contributed by atoms with Gasteiger partial charge in [0.2, 0.25) is 15.9 Å². The number of carbonyl (C=O) groups is 1. The van der Waals surface area contributed by atoms with Crippen molar-refractivity contribution in [1.29, 1.82) is 0 Å². The van der Waals surface area contributed by atoms with E-state index >= 15 is 0 Å². The van der Waals surface area contributed by atoms with Crippen LogP contribution in [0.15, 0.2) is 76.2 Å². The fourth-order valence-corrected chi connectivity index (χ4v) is 8.22. The van der Waals surface area contributed by atoms with Gasteiger partial charge in [0.25, 0.3) is 0 Å². The van der Waals surface area contributed by atoms with Crippen molar-refractivity contribution >= 4 is 54.9 Å². The summed E-state index contributed by atoms with van der Waals surface area (Å²) in [5.74, 6) is -0.0201. The number of aromatic nitrogens is 2. The predicted molar refractivity (Wildman–Crippen MR) is 150 cm³/mol. The van der Waals surface area contributed by atoms with E-state index in [1.807, 2.05) is 37.3 Å². The Bertz CT molecular complexity index is 1490. The third kappa shape index (κ3) is 5.57. The second kappa shape index (κ2) is 11.3. The van der Waals surface area contributed by atoms with Crippen molar-refractivity contribution in [3.8, 4) is 11.1 Å². The quantitative estimate of drug-likeness (QED) is 0.212. The van der Waals surface area contributed by atoms with Crippen molar-refractivity contribution in [3.05, 3.63) is 66.3 Å². The summed E-state index contributed by atoms with van der Waals surface area (Å²) in [6.45, 7) is 2.59. The van der Waals surface area contributed by atoms with Crippen molar-refractivity contribution in [2.24, 2.45) is 0 Å². The largest absolute Gasteiger partial charge is 0.325 e. The van der Waals surface area contributed by atoms with Crippen LogP contribution in [0.1, 0.15) is 32.6 Å². The molecule has 1 saturated heterocycles. The number of benzene rings is 2. The summed E-state index contributed by atoms with van der Waals surface area (Å²) in [5.41, 5.74) is 2.70. The number of sulfonamides is 1. The van der Waals surface area contributed by atoms with Crippen LogP contribution in [0.2, 0.25) is 0 Å². The third-order valence-corrected chi connectivity index (χ3v) is 10.4. The summed E-state index contributed by atoms with van der Waals surface area (Å²) < 4.78 is 28.0. The van der Waals surface area contributed by atoms with Crippen LogP contribution in [0.3, 0.4) is 0 Å². The van der Waals surface area contributed by atoms with E-state index in [-0.39, 0.29) is 22.6 Å². The van der Waals surface area contributed by atoms with Crippen LogP contribution in [-0.2, 0) is 14.8 Å². The molecular formula is C27H28N4O3S3. The zero-order valence-corrected chi connectivity index (χ0v) is 22.9. The molecule has 0 unspecified atom stereocenters. The standard InChI is InChI=1S/C27H28N4O3S3/c1-2-21-10-6-7-15-31(21)37(33,34)22-13-11-20(12-14-22)30-24(32)17-36-27-25-23(19-8-4-3-5-9-19)16-35-26(25)28-18-29-27/h3-5,8-9,11-14,16,18,21H,2,6-7,10,15,17H2,1H3,(H,30,32)/t21-/m1/s1. The van der Waals surface area contributed by atoms with Gasteiger partial charge in [-0.1, -0.05) is 55.4 Å². The lowest BCUT2D eigenvalue weighted by molar-refractivity contribution is -0.113. The summed E-state index contributed by atoms with van der Waals surface area (Å²) in [6.07, 6.45) is 5.19. The summed E-state index contributed by atoms with van der Waals surface area (Å²) >= 11 is 2.92. The minimum Gasteiger partial charge on any atom is -0.325 e. The number of anilines is 1. The Morgan fingerprint density at radius 1 is 1.11 bits per heavy atom. The monoisotopic (exact) mass is 552 g/mol. The zero-order valence-electron chi connectivity index (χ0n) is 20.5. The number of rotatable bonds is 8. The van der Waals surface area contributed by atoms with Crippen molar-refractivity contribution in [1.82, 2.24) is 14.3 Å². The van der Waals surface area contributed by atoms with Crippen LogP contribution in [0.4, 0.5) is 5.69 Å². The maximum absolute atomic E-state index is 13.2. The Kier molecular flexibility index (Phi) is 7.89. The lowest BCUT2D eigenvalue weighted by atomic mass is 10.0. The van der Waals surface area contributed by atoms with Gasteiger partial charge in [-0.25, -0.2) is 18.4 Å². The molecule has 1 fully saturated rings. The minimum absolute atomic E-state index is 0.0500. The molecule has 1 N–H and O–H groups in total. The van der Waals surface area contributed by atoms with Gasteiger partial charge in [-0.2, -0.15) is 4.31 Å². The number of nitrogens with zero attached hydrogens (tertiary/aromatic N) is 3. The van der Waals surface area contributed by atoms with Gasteiger partial charge in [-0.05, 0) is 49.1 Å². The SMILES string of the molecule is CC[C@@H]1CCCCN1S(=O)(=O)c1ccc(NC(=O)CSc2ncnc3scc(-c4ccccc4)c23)cc1. The van der Waals surface area contributed by atoms with E-state index in [9.17, 15) is 13.2 Å². The van der Waals surface area contributed by atoms with Crippen LogP contribution in [0.5, 0.6) is 0 Å². The van der Waals surface area contributed by atoms with Crippen LogP contribution < -0.4 is 5.32 Å². The van der Waals surface area contributed by atoms with Gasteiger partial charge in [-0.3, -0.25) is 4.79 Å².